The number of aliphatic hydroxyl groups excluding tert-OH is 1. The molecule has 0 aliphatic carbocycles. The molecule has 1 aromatic rings. The zero-order valence-corrected chi connectivity index (χ0v) is 9.13. The molecule has 82 valence electrons. The SMILES string of the molecule is C[C@H](c1ccccn1)N1CCC(O)CC1. The van der Waals surface area contributed by atoms with E-state index in [1.165, 1.54) is 0 Å². The second-order valence-electron chi connectivity index (χ2n) is 4.20. The van der Waals surface area contributed by atoms with Gasteiger partial charge in [-0.2, -0.15) is 0 Å². The molecule has 0 radical (unpaired) electrons. The molecule has 1 fully saturated rings. The zero-order valence-electron chi connectivity index (χ0n) is 9.13. The van der Waals surface area contributed by atoms with Crippen molar-refractivity contribution in [3.05, 3.63) is 30.1 Å². The van der Waals surface area contributed by atoms with Crippen molar-refractivity contribution in [3.63, 3.8) is 0 Å². The normalized spacial score (nSPS) is 21.5. The summed E-state index contributed by atoms with van der Waals surface area (Å²) in [6, 6.07) is 6.39. The van der Waals surface area contributed by atoms with Crippen molar-refractivity contribution in [2.45, 2.75) is 31.9 Å². The van der Waals surface area contributed by atoms with Crippen LogP contribution < -0.4 is 0 Å². The third kappa shape index (κ3) is 2.55. The topological polar surface area (TPSA) is 36.4 Å². The summed E-state index contributed by atoms with van der Waals surface area (Å²) < 4.78 is 0. The molecule has 3 heteroatoms. The Hall–Kier alpha value is -0.930. The molecular weight excluding hydrogens is 188 g/mol. The van der Waals surface area contributed by atoms with Crippen LogP contribution in [0.5, 0.6) is 0 Å². The highest BCUT2D eigenvalue weighted by Gasteiger charge is 2.22. The van der Waals surface area contributed by atoms with E-state index in [1.807, 2.05) is 18.3 Å². The Bertz CT molecular complexity index is 294. The number of hydrogen-bond acceptors (Lipinski definition) is 3. The molecule has 2 rings (SSSR count). The van der Waals surface area contributed by atoms with Gasteiger partial charge in [0.05, 0.1) is 11.8 Å². The van der Waals surface area contributed by atoms with Gasteiger partial charge in [-0.25, -0.2) is 0 Å². The van der Waals surface area contributed by atoms with E-state index in [1.54, 1.807) is 0 Å². The Labute approximate surface area is 90.8 Å². The summed E-state index contributed by atoms with van der Waals surface area (Å²) in [5, 5.41) is 9.44. The number of aliphatic hydroxyl groups is 1. The standard InChI is InChI=1S/C12H18N2O/c1-10(12-4-2-3-7-13-12)14-8-5-11(15)6-9-14/h2-4,7,10-11,15H,5-6,8-9H2,1H3/t10-/m1/s1. The molecule has 3 nitrogen and oxygen atoms in total. The first-order chi connectivity index (χ1) is 7.27. The molecule has 1 saturated heterocycles. The van der Waals surface area contributed by atoms with E-state index in [4.69, 9.17) is 0 Å². The molecule has 0 unspecified atom stereocenters. The average molecular weight is 206 g/mol. The summed E-state index contributed by atoms with van der Waals surface area (Å²) in [6.45, 7) is 4.12. The minimum Gasteiger partial charge on any atom is -0.393 e. The quantitative estimate of drug-likeness (QED) is 0.798. The van der Waals surface area contributed by atoms with Crippen LogP contribution in [0.1, 0.15) is 31.5 Å². The Morgan fingerprint density at radius 3 is 2.73 bits per heavy atom. The zero-order chi connectivity index (χ0) is 10.7. The summed E-state index contributed by atoms with van der Waals surface area (Å²) >= 11 is 0. The number of likely N-dealkylation sites (tertiary alicyclic amines) is 1. The number of rotatable bonds is 2. The van der Waals surface area contributed by atoms with Crippen molar-refractivity contribution in [2.75, 3.05) is 13.1 Å². The molecule has 1 N–H and O–H groups in total. The van der Waals surface area contributed by atoms with E-state index >= 15 is 0 Å². The number of hydrogen-bond donors (Lipinski definition) is 1. The summed E-state index contributed by atoms with van der Waals surface area (Å²) in [7, 11) is 0. The van der Waals surface area contributed by atoms with Crippen molar-refractivity contribution >= 4 is 0 Å². The van der Waals surface area contributed by atoms with Crippen molar-refractivity contribution in [1.82, 2.24) is 9.88 Å². The summed E-state index contributed by atoms with van der Waals surface area (Å²) in [4.78, 5) is 6.75. The maximum absolute atomic E-state index is 9.44. The van der Waals surface area contributed by atoms with Gasteiger partial charge in [-0.3, -0.25) is 9.88 Å². The molecule has 1 aliphatic rings. The molecule has 1 aliphatic heterocycles. The molecule has 1 aromatic heterocycles. The number of pyridine rings is 1. The van der Waals surface area contributed by atoms with Crippen LogP contribution in [-0.2, 0) is 0 Å². The molecule has 0 bridgehead atoms. The van der Waals surface area contributed by atoms with Gasteiger partial charge in [-0.05, 0) is 31.9 Å². The van der Waals surface area contributed by atoms with Crippen LogP contribution >= 0.6 is 0 Å². The maximum Gasteiger partial charge on any atom is 0.0572 e. The van der Waals surface area contributed by atoms with Gasteiger partial charge in [-0.1, -0.05) is 6.07 Å². The Balaban J connectivity index is 1.99. The maximum atomic E-state index is 9.44. The monoisotopic (exact) mass is 206 g/mol. The molecule has 2 heterocycles. The summed E-state index contributed by atoms with van der Waals surface area (Å²) in [6.07, 6.45) is 3.51. The minimum atomic E-state index is -0.0998. The molecule has 0 saturated carbocycles. The first kappa shape index (κ1) is 10.6. The van der Waals surface area contributed by atoms with Gasteiger partial charge in [0.1, 0.15) is 0 Å². The molecule has 0 aromatic carbocycles. The third-order valence-corrected chi connectivity index (χ3v) is 3.16. The van der Waals surface area contributed by atoms with E-state index in [0.29, 0.717) is 6.04 Å². The van der Waals surface area contributed by atoms with Crippen LogP contribution in [-0.4, -0.2) is 34.2 Å². The van der Waals surface area contributed by atoms with Gasteiger partial charge in [0, 0.05) is 25.3 Å². The van der Waals surface area contributed by atoms with E-state index in [9.17, 15) is 5.11 Å². The van der Waals surface area contributed by atoms with E-state index < -0.39 is 0 Å². The van der Waals surface area contributed by atoms with Gasteiger partial charge in [0.15, 0.2) is 0 Å². The average Bonchev–Trinajstić information content (AvgIpc) is 2.30. The minimum absolute atomic E-state index is 0.0998. The fraction of sp³-hybridized carbons (Fsp3) is 0.583. The van der Waals surface area contributed by atoms with Crippen LogP contribution in [0.15, 0.2) is 24.4 Å². The highest BCUT2D eigenvalue weighted by Crippen LogP contribution is 2.22. The predicted octanol–water partition coefficient (Wildman–Crippen LogP) is 1.60. The van der Waals surface area contributed by atoms with Crippen LogP contribution in [0.2, 0.25) is 0 Å². The largest absolute Gasteiger partial charge is 0.393 e. The molecule has 1 atom stereocenters. The van der Waals surface area contributed by atoms with Gasteiger partial charge < -0.3 is 5.11 Å². The lowest BCUT2D eigenvalue weighted by Crippen LogP contribution is -2.37. The first-order valence-corrected chi connectivity index (χ1v) is 5.60. The van der Waals surface area contributed by atoms with Crippen LogP contribution in [0.3, 0.4) is 0 Å². The molecular formula is C12H18N2O. The van der Waals surface area contributed by atoms with Crippen molar-refractivity contribution in [2.24, 2.45) is 0 Å². The Kier molecular flexibility index (Phi) is 3.34. The second-order valence-corrected chi connectivity index (χ2v) is 4.20. The van der Waals surface area contributed by atoms with Gasteiger partial charge in [-0.15, -0.1) is 0 Å². The predicted molar refractivity (Wildman–Crippen MR) is 59.5 cm³/mol. The van der Waals surface area contributed by atoms with E-state index in [0.717, 1.165) is 31.6 Å². The summed E-state index contributed by atoms with van der Waals surface area (Å²) in [5.74, 6) is 0. The van der Waals surface area contributed by atoms with Crippen molar-refractivity contribution < 1.29 is 5.11 Å². The lowest BCUT2D eigenvalue weighted by Gasteiger charge is -2.33. The number of piperidine rings is 1. The fourth-order valence-electron chi connectivity index (χ4n) is 2.08. The second kappa shape index (κ2) is 4.73. The van der Waals surface area contributed by atoms with Crippen LogP contribution in [0.25, 0.3) is 0 Å². The first-order valence-electron chi connectivity index (χ1n) is 5.60. The molecule has 0 amide bonds. The Morgan fingerprint density at radius 2 is 2.13 bits per heavy atom. The van der Waals surface area contributed by atoms with Crippen molar-refractivity contribution in [1.29, 1.82) is 0 Å². The fourth-order valence-corrected chi connectivity index (χ4v) is 2.08. The number of aromatic nitrogens is 1. The van der Waals surface area contributed by atoms with Gasteiger partial charge in [0.2, 0.25) is 0 Å². The lowest BCUT2D eigenvalue weighted by atomic mass is 10.0. The third-order valence-electron chi connectivity index (χ3n) is 3.16. The van der Waals surface area contributed by atoms with Gasteiger partial charge >= 0.3 is 0 Å². The van der Waals surface area contributed by atoms with E-state index in [-0.39, 0.29) is 6.10 Å². The molecule has 15 heavy (non-hydrogen) atoms. The smallest absolute Gasteiger partial charge is 0.0572 e. The van der Waals surface area contributed by atoms with Crippen LogP contribution in [0.4, 0.5) is 0 Å². The molecule has 0 spiro atoms. The van der Waals surface area contributed by atoms with Crippen molar-refractivity contribution in [3.8, 4) is 0 Å². The highest BCUT2D eigenvalue weighted by atomic mass is 16.3. The summed E-state index contributed by atoms with van der Waals surface area (Å²) in [5.41, 5.74) is 1.12. The lowest BCUT2D eigenvalue weighted by molar-refractivity contribution is 0.0636. The highest BCUT2D eigenvalue weighted by molar-refractivity contribution is 5.08. The number of nitrogens with zero attached hydrogens (tertiary/aromatic N) is 2. The van der Waals surface area contributed by atoms with Gasteiger partial charge in [0.25, 0.3) is 0 Å². The Morgan fingerprint density at radius 1 is 1.40 bits per heavy atom. The van der Waals surface area contributed by atoms with Crippen LogP contribution in [0, 0.1) is 0 Å². The van der Waals surface area contributed by atoms with E-state index in [2.05, 4.69) is 22.9 Å².